The van der Waals surface area contributed by atoms with Gasteiger partial charge in [0.15, 0.2) is 0 Å². The number of ether oxygens (including phenoxy) is 1. The fraction of sp³-hybridized carbons (Fsp3) is 0.667. The van der Waals surface area contributed by atoms with Crippen molar-refractivity contribution in [3.8, 4) is 0 Å². The van der Waals surface area contributed by atoms with Crippen molar-refractivity contribution >= 4 is 11.9 Å². The lowest BCUT2D eigenvalue weighted by atomic mass is 9.77. The van der Waals surface area contributed by atoms with Crippen LogP contribution >= 0.6 is 0 Å². The molecule has 0 aromatic heterocycles. The molecule has 2 saturated heterocycles. The Morgan fingerprint density at radius 3 is 2.94 bits per heavy atom. The summed E-state index contributed by atoms with van der Waals surface area (Å²) in [6.07, 6.45) is 3.23. The zero-order valence-electron chi connectivity index (χ0n) is 9.79. The van der Waals surface area contributed by atoms with Gasteiger partial charge >= 0.3 is 5.97 Å². The van der Waals surface area contributed by atoms with Crippen LogP contribution in [0.1, 0.15) is 13.8 Å². The molecule has 17 heavy (non-hydrogen) atoms. The van der Waals surface area contributed by atoms with E-state index in [9.17, 15) is 14.7 Å². The summed E-state index contributed by atoms with van der Waals surface area (Å²) < 4.78 is 5.75. The molecule has 0 aromatic carbocycles. The fourth-order valence-corrected chi connectivity index (χ4v) is 3.25. The summed E-state index contributed by atoms with van der Waals surface area (Å²) >= 11 is 0. The minimum atomic E-state index is -0.940. The molecule has 0 aromatic rings. The smallest absolute Gasteiger partial charge is 0.310 e. The van der Waals surface area contributed by atoms with Gasteiger partial charge in [0, 0.05) is 6.04 Å². The van der Waals surface area contributed by atoms with Gasteiger partial charge in [0.2, 0.25) is 5.91 Å². The first-order valence-electron chi connectivity index (χ1n) is 5.87. The second kappa shape index (κ2) is 3.10. The molecule has 0 saturated carbocycles. The highest BCUT2D eigenvalue weighted by atomic mass is 16.5. The van der Waals surface area contributed by atoms with E-state index in [0.29, 0.717) is 6.54 Å². The lowest BCUT2D eigenvalue weighted by Gasteiger charge is -2.24. The number of carbonyl (C=O) groups is 2. The first-order valence-corrected chi connectivity index (χ1v) is 5.87. The summed E-state index contributed by atoms with van der Waals surface area (Å²) in [4.78, 5) is 25.3. The van der Waals surface area contributed by atoms with Gasteiger partial charge in [-0.05, 0) is 13.8 Å². The molecule has 1 amide bonds. The number of carbonyl (C=O) groups excluding carboxylic acids is 1. The van der Waals surface area contributed by atoms with Crippen LogP contribution < -0.4 is 0 Å². The molecule has 1 N–H and O–H groups in total. The van der Waals surface area contributed by atoms with E-state index in [1.807, 2.05) is 19.9 Å². The van der Waals surface area contributed by atoms with Gasteiger partial charge in [-0.3, -0.25) is 9.59 Å². The molecule has 0 aliphatic carbocycles. The van der Waals surface area contributed by atoms with Gasteiger partial charge in [0.05, 0.1) is 18.6 Å². The summed E-state index contributed by atoms with van der Waals surface area (Å²) in [6, 6.07) is 0.0768. The SMILES string of the molecule is CC(C)N1C[C@@]23C=C[C@@H](O2)C(C(=O)O)[C@H]3C1=O. The number of carboxylic acid groups (broad SMARTS) is 1. The highest BCUT2D eigenvalue weighted by Gasteiger charge is 2.67. The molecule has 4 atom stereocenters. The zero-order chi connectivity index (χ0) is 12.4. The molecule has 3 aliphatic rings. The minimum absolute atomic E-state index is 0.0768. The van der Waals surface area contributed by atoms with E-state index < -0.39 is 29.5 Å². The van der Waals surface area contributed by atoms with Crippen molar-refractivity contribution in [3.05, 3.63) is 12.2 Å². The van der Waals surface area contributed by atoms with Crippen LogP contribution in [0.4, 0.5) is 0 Å². The van der Waals surface area contributed by atoms with Crippen LogP contribution in [0, 0.1) is 11.8 Å². The lowest BCUT2D eigenvalue weighted by Crippen LogP contribution is -2.39. The molecule has 2 bridgehead atoms. The second-order valence-corrected chi connectivity index (χ2v) is 5.30. The Morgan fingerprint density at radius 1 is 1.65 bits per heavy atom. The normalized spacial score (nSPS) is 42.6. The molecule has 3 aliphatic heterocycles. The van der Waals surface area contributed by atoms with Crippen LogP contribution in [-0.4, -0.2) is 46.2 Å². The molecule has 5 heteroatoms. The fourth-order valence-electron chi connectivity index (χ4n) is 3.25. The molecule has 0 radical (unpaired) electrons. The van der Waals surface area contributed by atoms with E-state index in [4.69, 9.17) is 4.74 Å². The Labute approximate surface area is 99.0 Å². The van der Waals surface area contributed by atoms with Crippen molar-refractivity contribution in [1.82, 2.24) is 4.90 Å². The Hall–Kier alpha value is -1.36. The number of carboxylic acids is 1. The van der Waals surface area contributed by atoms with E-state index >= 15 is 0 Å². The molecule has 3 rings (SSSR count). The van der Waals surface area contributed by atoms with Gasteiger partial charge in [-0.2, -0.15) is 0 Å². The van der Waals surface area contributed by atoms with Crippen molar-refractivity contribution < 1.29 is 19.4 Å². The monoisotopic (exact) mass is 237 g/mol. The number of likely N-dealkylation sites (tertiary alicyclic amines) is 1. The molecule has 3 heterocycles. The van der Waals surface area contributed by atoms with E-state index in [2.05, 4.69) is 0 Å². The number of fused-ring (bicyclic) bond motifs is 1. The maximum absolute atomic E-state index is 12.3. The molecule has 1 spiro atoms. The standard InChI is InChI=1S/C12H15NO4/c1-6(2)13-5-12-4-3-7(17-12)8(11(15)16)9(12)10(13)14/h3-4,6-9H,5H2,1-2H3,(H,15,16)/t7-,8?,9+,12-/m1/s1. The second-order valence-electron chi connectivity index (χ2n) is 5.30. The summed E-state index contributed by atoms with van der Waals surface area (Å²) in [7, 11) is 0. The Morgan fingerprint density at radius 2 is 2.35 bits per heavy atom. The Bertz CT molecular complexity index is 430. The number of amides is 1. The van der Waals surface area contributed by atoms with Gasteiger partial charge in [-0.1, -0.05) is 12.2 Å². The highest BCUT2D eigenvalue weighted by Crippen LogP contribution is 2.52. The van der Waals surface area contributed by atoms with E-state index in [1.165, 1.54) is 0 Å². The summed E-state index contributed by atoms with van der Waals surface area (Å²) in [5.41, 5.74) is -0.685. The van der Waals surface area contributed by atoms with Gasteiger partial charge in [-0.25, -0.2) is 0 Å². The predicted octanol–water partition coefficient (Wildman–Crippen LogP) is 0.261. The van der Waals surface area contributed by atoms with Crippen molar-refractivity contribution in [2.45, 2.75) is 31.6 Å². The van der Waals surface area contributed by atoms with E-state index in [0.717, 1.165) is 0 Å². The summed E-state index contributed by atoms with van der Waals surface area (Å²) in [5, 5.41) is 9.24. The largest absolute Gasteiger partial charge is 0.481 e. The molecule has 5 nitrogen and oxygen atoms in total. The summed E-state index contributed by atoms with van der Waals surface area (Å²) in [6.45, 7) is 4.34. The van der Waals surface area contributed by atoms with Crippen LogP contribution in [0.5, 0.6) is 0 Å². The maximum Gasteiger partial charge on any atom is 0.310 e. The van der Waals surface area contributed by atoms with Crippen molar-refractivity contribution in [2.24, 2.45) is 11.8 Å². The number of hydrogen-bond acceptors (Lipinski definition) is 3. The maximum atomic E-state index is 12.3. The average Bonchev–Trinajstić information content (AvgIpc) is 2.86. The van der Waals surface area contributed by atoms with Gasteiger partial charge in [0.1, 0.15) is 11.5 Å². The molecular weight excluding hydrogens is 222 g/mol. The third-order valence-corrected chi connectivity index (χ3v) is 4.04. The van der Waals surface area contributed by atoms with E-state index in [-0.39, 0.29) is 11.9 Å². The Balaban J connectivity index is 2.01. The zero-order valence-corrected chi connectivity index (χ0v) is 9.79. The van der Waals surface area contributed by atoms with Crippen LogP contribution in [0.25, 0.3) is 0 Å². The van der Waals surface area contributed by atoms with Crippen LogP contribution in [-0.2, 0) is 14.3 Å². The molecule has 92 valence electrons. The third-order valence-electron chi connectivity index (χ3n) is 4.04. The minimum Gasteiger partial charge on any atom is -0.481 e. The van der Waals surface area contributed by atoms with Gasteiger partial charge in [-0.15, -0.1) is 0 Å². The third kappa shape index (κ3) is 1.17. The number of rotatable bonds is 2. The Kier molecular flexibility index (Phi) is 1.96. The van der Waals surface area contributed by atoms with Crippen LogP contribution in [0.2, 0.25) is 0 Å². The van der Waals surface area contributed by atoms with Crippen molar-refractivity contribution in [2.75, 3.05) is 6.54 Å². The molecule has 1 unspecified atom stereocenters. The highest BCUT2D eigenvalue weighted by molar-refractivity contribution is 5.90. The quantitative estimate of drug-likeness (QED) is 0.700. The number of hydrogen-bond donors (Lipinski definition) is 1. The van der Waals surface area contributed by atoms with Crippen molar-refractivity contribution in [1.29, 1.82) is 0 Å². The van der Waals surface area contributed by atoms with Crippen LogP contribution in [0.3, 0.4) is 0 Å². The average molecular weight is 237 g/mol. The lowest BCUT2D eigenvalue weighted by molar-refractivity contribution is -0.148. The van der Waals surface area contributed by atoms with E-state index in [1.54, 1.807) is 11.0 Å². The summed E-state index contributed by atoms with van der Waals surface area (Å²) in [5.74, 6) is -2.29. The van der Waals surface area contributed by atoms with Crippen LogP contribution in [0.15, 0.2) is 12.2 Å². The number of aliphatic carboxylic acids is 1. The van der Waals surface area contributed by atoms with Gasteiger partial charge < -0.3 is 14.7 Å². The molecular formula is C12H15NO4. The predicted molar refractivity (Wildman–Crippen MR) is 58.2 cm³/mol. The van der Waals surface area contributed by atoms with Gasteiger partial charge in [0.25, 0.3) is 0 Å². The first-order chi connectivity index (χ1) is 7.96. The van der Waals surface area contributed by atoms with Crippen molar-refractivity contribution in [3.63, 3.8) is 0 Å². The topological polar surface area (TPSA) is 66.8 Å². The molecule has 2 fully saturated rings. The first kappa shape index (κ1) is 10.8. The number of nitrogens with zero attached hydrogens (tertiary/aromatic N) is 1.